The molecule has 12 aromatic rings. The Hall–Kier alpha value is -6.95. The van der Waals surface area contributed by atoms with Gasteiger partial charge in [0, 0.05) is 53.1 Å². The number of rotatable bonds is 3. The second-order valence-corrected chi connectivity index (χ2v) is 15.1. The molecule has 54 heavy (non-hydrogen) atoms. The molecule has 0 atom stereocenters. The van der Waals surface area contributed by atoms with Gasteiger partial charge in [0.15, 0.2) is 0 Å². The fourth-order valence-corrected chi connectivity index (χ4v) is 9.85. The predicted octanol–water partition coefficient (Wildman–Crippen LogP) is 13.2. The monoisotopic (exact) mass is 708 g/mol. The van der Waals surface area contributed by atoms with Crippen molar-refractivity contribution in [3.05, 3.63) is 180 Å². The number of nitrogens with zero attached hydrogens (tertiary/aromatic N) is 2. The molecule has 252 valence electrons. The lowest BCUT2D eigenvalue weighted by Crippen LogP contribution is -2.01. The molecule has 0 radical (unpaired) electrons. The van der Waals surface area contributed by atoms with Crippen LogP contribution in [0, 0.1) is 0 Å². The Kier molecular flexibility index (Phi) is 6.05. The summed E-state index contributed by atoms with van der Waals surface area (Å²) in [6, 6.07) is 59.6. The molecule has 0 spiro atoms. The van der Waals surface area contributed by atoms with Crippen molar-refractivity contribution in [2.45, 2.75) is 0 Å². The molecule has 12 rings (SSSR count). The smallest absolute Gasteiger partial charge is 0.200 e. The Morgan fingerprint density at radius 2 is 1.07 bits per heavy atom. The molecule has 0 bridgehead atoms. The largest absolute Gasteiger partial charge is 0.456 e. The first kappa shape index (κ1) is 29.6. The molecule has 4 aromatic heterocycles. The highest BCUT2D eigenvalue weighted by molar-refractivity contribution is 7.25. The fraction of sp³-hybridized carbons (Fsp3) is 0. The molecule has 0 N–H and O–H groups in total. The zero-order valence-electron chi connectivity index (χ0n) is 28.8. The van der Waals surface area contributed by atoms with Crippen LogP contribution in [0.1, 0.15) is 0 Å². The molecule has 0 aliphatic carbocycles. The van der Waals surface area contributed by atoms with E-state index in [9.17, 15) is 4.79 Å². The molecule has 8 aromatic carbocycles. The van der Waals surface area contributed by atoms with Gasteiger partial charge in [-0.05, 0) is 77.9 Å². The van der Waals surface area contributed by atoms with Gasteiger partial charge in [0.2, 0.25) is 5.43 Å². The number of hydrogen-bond acceptors (Lipinski definition) is 3. The van der Waals surface area contributed by atoms with E-state index >= 15 is 0 Å². The molecule has 0 aliphatic heterocycles. The first-order valence-electron chi connectivity index (χ1n) is 18.1. The highest BCUT2D eigenvalue weighted by Gasteiger charge is 2.21. The Balaban J connectivity index is 1.11. The van der Waals surface area contributed by atoms with Crippen LogP contribution in [0.15, 0.2) is 179 Å². The molecule has 0 amide bonds. The lowest BCUT2D eigenvalue weighted by atomic mass is 10.0. The van der Waals surface area contributed by atoms with Crippen LogP contribution in [-0.4, -0.2) is 9.13 Å². The second kappa shape index (κ2) is 11.0. The molecule has 5 heteroatoms. The van der Waals surface area contributed by atoms with Crippen molar-refractivity contribution in [1.82, 2.24) is 9.13 Å². The van der Waals surface area contributed by atoms with Crippen molar-refractivity contribution in [1.29, 1.82) is 0 Å². The van der Waals surface area contributed by atoms with Gasteiger partial charge in [0.1, 0.15) is 11.2 Å². The summed E-state index contributed by atoms with van der Waals surface area (Å²) < 4.78 is 13.6. The van der Waals surface area contributed by atoms with Crippen LogP contribution in [0.3, 0.4) is 0 Å². The number of para-hydroxylation sites is 3. The van der Waals surface area contributed by atoms with Crippen LogP contribution in [0.4, 0.5) is 0 Å². The molecule has 4 heterocycles. The van der Waals surface area contributed by atoms with Crippen LogP contribution in [0.5, 0.6) is 0 Å². The van der Waals surface area contributed by atoms with Gasteiger partial charge in [-0.1, -0.05) is 103 Å². The van der Waals surface area contributed by atoms with Crippen LogP contribution in [0.25, 0.3) is 108 Å². The second-order valence-electron chi connectivity index (χ2n) is 14.0. The van der Waals surface area contributed by atoms with Crippen molar-refractivity contribution < 1.29 is 4.42 Å². The van der Waals surface area contributed by atoms with Gasteiger partial charge in [0.05, 0.1) is 32.8 Å². The lowest BCUT2D eigenvalue weighted by molar-refractivity contribution is 0.661. The molecule has 0 saturated carbocycles. The third-order valence-electron chi connectivity index (χ3n) is 11.1. The van der Waals surface area contributed by atoms with Crippen molar-refractivity contribution >= 4 is 97.1 Å². The fourth-order valence-electron chi connectivity index (χ4n) is 8.69. The van der Waals surface area contributed by atoms with Crippen LogP contribution in [0.2, 0.25) is 0 Å². The molecule has 4 nitrogen and oxygen atoms in total. The van der Waals surface area contributed by atoms with Crippen molar-refractivity contribution in [3.8, 4) is 22.5 Å². The van der Waals surface area contributed by atoms with E-state index in [4.69, 9.17) is 4.42 Å². The Labute approximate surface area is 312 Å². The summed E-state index contributed by atoms with van der Waals surface area (Å²) in [6.45, 7) is 0. The zero-order chi connectivity index (χ0) is 35.5. The third kappa shape index (κ3) is 4.10. The Bertz CT molecular complexity index is 3570. The van der Waals surface area contributed by atoms with Crippen LogP contribution >= 0.6 is 11.3 Å². The maximum absolute atomic E-state index is 13.9. The minimum atomic E-state index is -0.00475. The lowest BCUT2D eigenvalue weighted by Gasteiger charge is -2.10. The van der Waals surface area contributed by atoms with Crippen LogP contribution in [-0.2, 0) is 0 Å². The SMILES string of the molecule is O=c1c2ccc(-c3ccccc3)cc2oc2cc3c(cc12)sc1cc(-n2c4ccccc4c4ccc5c(c6ccccc6n5-c5ccccc5)c42)ccc13. The van der Waals surface area contributed by atoms with Crippen molar-refractivity contribution in [2.75, 3.05) is 0 Å². The predicted molar refractivity (Wildman–Crippen MR) is 227 cm³/mol. The normalized spacial score (nSPS) is 12.1. The van der Waals surface area contributed by atoms with Gasteiger partial charge in [-0.15, -0.1) is 11.3 Å². The average Bonchev–Trinajstić information content (AvgIpc) is 3.87. The van der Waals surface area contributed by atoms with Crippen molar-refractivity contribution in [2.24, 2.45) is 0 Å². The summed E-state index contributed by atoms with van der Waals surface area (Å²) in [4.78, 5) is 13.9. The number of hydrogen-bond donors (Lipinski definition) is 0. The summed E-state index contributed by atoms with van der Waals surface area (Å²) in [5.41, 5.74) is 10.3. The van der Waals surface area contributed by atoms with E-state index in [1.165, 1.54) is 43.6 Å². The minimum Gasteiger partial charge on any atom is -0.456 e. The van der Waals surface area contributed by atoms with Gasteiger partial charge in [-0.25, -0.2) is 0 Å². The Morgan fingerprint density at radius 1 is 0.407 bits per heavy atom. The summed E-state index contributed by atoms with van der Waals surface area (Å²) >= 11 is 1.72. The maximum atomic E-state index is 13.9. The van der Waals surface area contributed by atoms with Gasteiger partial charge >= 0.3 is 0 Å². The standard InChI is InChI=1S/C49H28N2O2S/c52-49-37-21-19-30(29-11-3-1-4-12-29)25-43(37)53-44-27-38-34-22-20-32(26-45(34)54-46(38)28-39(44)49)51-40-17-9-7-15-33(40)35-23-24-42-47(48(35)51)36-16-8-10-18-41(36)50(42)31-13-5-2-6-14-31/h1-28H. The topological polar surface area (TPSA) is 40.1 Å². The Morgan fingerprint density at radius 3 is 1.91 bits per heavy atom. The molecule has 0 fully saturated rings. The van der Waals surface area contributed by atoms with E-state index < -0.39 is 0 Å². The van der Waals surface area contributed by atoms with E-state index in [0.717, 1.165) is 42.7 Å². The number of fused-ring (bicyclic) bond motifs is 12. The third-order valence-corrected chi connectivity index (χ3v) is 12.2. The minimum absolute atomic E-state index is 0.00475. The molecule has 0 saturated heterocycles. The van der Waals surface area contributed by atoms with E-state index in [-0.39, 0.29) is 5.43 Å². The summed E-state index contributed by atoms with van der Waals surface area (Å²) in [5.74, 6) is 0. The number of aromatic nitrogens is 2. The summed E-state index contributed by atoms with van der Waals surface area (Å²) in [5, 5.41) is 8.34. The number of thiophene rings is 1. The number of benzene rings is 8. The quantitative estimate of drug-likeness (QED) is 0.171. The average molecular weight is 709 g/mol. The summed E-state index contributed by atoms with van der Waals surface area (Å²) in [7, 11) is 0. The molecule has 0 unspecified atom stereocenters. The molecular weight excluding hydrogens is 681 g/mol. The molecular formula is C49H28N2O2S. The van der Waals surface area contributed by atoms with E-state index in [1.807, 2.05) is 42.5 Å². The highest BCUT2D eigenvalue weighted by atomic mass is 32.1. The first-order chi connectivity index (χ1) is 26.7. The van der Waals surface area contributed by atoms with Gasteiger partial charge in [0.25, 0.3) is 0 Å². The maximum Gasteiger partial charge on any atom is 0.200 e. The van der Waals surface area contributed by atoms with Crippen molar-refractivity contribution in [3.63, 3.8) is 0 Å². The summed E-state index contributed by atoms with van der Waals surface area (Å²) in [6.07, 6.45) is 0. The van der Waals surface area contributed by atoms with Crippen LogP contribution < -0.4 is 5.43 Å². The van der Waals surface area contributed by atoms with Gasteiger partial charge in [-0.3, -0.25) is 4.79 Å². The van der Waals surface area contributed by atoms with E-state index in [1.54, 1.807) is 11.3 Å². The van der Waals surface area contributed by atoms with E-state index in [0.29, 0.717) is 21.9 Å². The van der Waals surface area contributed by atoms with Gasteiger partial charge in [-0.2, -0.15) is 0 Å². The van der Waals surface area contributed by atoms with E-state index in [2.05, 4.69) is 137 Å². The highest BCUT2D eigenvalue weighted by Crippen LogP contribution is 2.43. The van der Waals surface area contributed by atoms with Gasteiger partial charge < -0.3 is 13.6 Å². The molecule has 0 aliphatic rings. The first-order valence-corrected chi connectivity index (χ1v) is 18.9. The zero-order valence-corrected chi connectivity index (χ0v) is 29.6.